The molecule has 0 saturated heterocycles. The molecule has 0 atom stereocenters. The number of carbonyl (C=O) groups is 1. The first-order valence-corrected chi connectivity index (χ1v) is 5.16. The van der Waals surface area contributed by atoms with Crippen LogP contribution in [0.1, 0.15) is 29.8 Å². The number of Topliss-reactive ketones (excluding diaryl/α,β-unsaturated/α-hetero) is 1. The van der Waals surface area contributed by atoms with Crippen molar-refractivity contribution in [3.63, 3.8) is 0 Å². The van der Waals surface area contributed by atoms with E-state index in [2.05, 4.69) is 0 Å². The van der Waals surface area contributed by atoms with Gasteiger partial charge in [-0.1, -0.05) is 50.3 Å². The molecule has 0 fully saturated rings. The lowest BCUT2D eigenvalue weighted by atomic mass is 10.00. The summed E-state index contributed by atoms with van der Waals surface area (Å²) in [6.45, 7) is 4.35. The number of ketones is 1. The molecule has 0 radical (unpaired) electrons. The molecule has 0 aliphatic heterocycles. The average molecular weight is 203 g/mol. The maximum atomic E-state index is 11.6. The van der Waals surface area contributed by atoms with Gasteiger partial charge in [0.05, 0.1) is 0 Å². The Morgan fingerprint density at radius 3 is 2.40 bits per heavy atom. The van der Waals surface area contributed by atoms with Crippen LogP contribution in [0.25, 0.3) is 6.08 Å². The van der Waals surface area contributed by atoms with Gasteiger partial charge in [0.15, 0.2) is 5.78 Å². The van der Waals surface area contributed by atoms with Gasteiger partial charge in [0.2, 0.25) is 0 Å². The summed E-state index contributed by atoms with van der Waals surface area (Å²) < 4.78 is 0. The molecular formula is C13H17NO. The molecular weight excluding hydrogens is 186 g/mol. The lowest BCUT2D eigenvalue weighted by molar-refractivity contribution is 0.0939. The van der Waals surface area contributed by atoms with Gasteiger partial charge >= 0.3 is 0 Å². The van der Waals surface area contributed by atoms with E-state index in [1.165, 1.54) is 0 Å². The first kappa shape index (κ1) is 11.7. The Bertz CT molecular complexity index is 349. The van der Waals surface area contributed by atoms with Crippen LogP contribution in [-0.2, 0) is 0 Å². The fourth-order valence-electron chi connectivity index (χ4n) is 1.30. The van der Waals surface area contributed by atoms with Gasteiger partial charge in [0, 0.05) is 18.0 Å². The molecule has 0 aromatic heterocycles. The number of rotatable bonds is 4. The van der Waals surface area contributed by atoms with E-state index in [4.69, 9.17) is 5.73 Å². The third-order valence-electron chi connectivity index (χ3n) is 2.17. The number of benzene rings is 1. The zero-order valence-corrected chi connectivity index (χ0v) is 9.23. The van der Waals surface area contributed by atoms with E-state index in [-0.39, 0.29) is 11.7 Å². The van der Waals surface area contributed by atoms with Gasteiger partial charge in [0.1, 0.15) is 0 Å². The van der Waals surface area contributed by atoms with E-state index in [1.54, 1.807) is 0 Å². The summed E-state index contributed by atoms with van der Waals surface area (Å²) in [5, 5.41) is 0. The Hall–Kier alpha value is -1.41. The number of hydrogen-bond acceptors (Lipinski definition) is 2. The van der Waals surface area contributed by atoms with Gasteiger partial charge in [-0.3, -0.25) is 4.79 Å². The van der Waals surface area contributed by atoms with E-state index in [1.807, 2.05) is 50.3 Å². The molecule has 2 heteroatoms. The molecule has 80 valence electrons. The second-order valence-electron chi connectivity index (χ2n) is 3.78. The highest BCUT2D eigenvalue weighted by Crippen LogP contribution is 2.10. The smallest absolute Gasteiger partial charge is 0.165 e. The van der Waals surface area contributed by atoms with Gasteiger partial charge in [-0.25, -0.2) is 0 Å². The van der Waals surface area contributed by atoms with Crippen molar-refractivity contribution in [2.75, 3.05) is 6.54 Å². The topological polar surface area (TPSA) is 43.1 Å². The van der Waals surface area contributed by atoms with Gasteiger partial charge in [-0.2, -0.15) is 0 Å². The molecule has 0 aliphatic rings. The monoisotopic (exact) mass is 203 g/mol. The zero-order chi connectivity index (χ0) is 11.3. The highest BCUT2D eigenvalue weighted by atomic mass is 16.1. The summed E-state index contributed by atoms with van der Waals surface area (Å²) in [4.78, 5) is 11.6. The van der Waals surface area contributed by atoms with Crippen molar-refractivity contribution < 1.29 is 4.79 Å². The fraction of sp³-hybridized carbons (Fsp3) is 0.308. The molecule has 2 nitrogen and oxygen atoms in total. The summed E-state index contributed by atoms with van der Waals surface area (Å²) in [6, 6.07) is 7.58. The second-order valence-corrected chi connectivity index (χ2v) is 3.78. The first-order chi connectivity index (χ1) is 7.15. The first-order valence-electron chi connectivity index (χ1n) is 5.16. The Balaban J connectivity index is 2.81. The molecule has 1 aromatic rings. The van der Waals surface area contributed by atoms with E-state index < -0.39 is 0 Å². The maximum absolute atomic E-state index is 11.6. The molecule has 0 heterocycles. The SMILES string of the molecule is CC(C)C(=O)c1ccc(C=CCN)cc1. The minimum Gasteiger partial charge on any atom is -0.327 e. The Morgan fingerprint density at radius 1 is 1.33 bits per heavy atom. The quantitative estimate of drug-likeness (QED) is 0.764. The number of hydrogen-bond donors (Lipinski definition) is 1. The normalized spacial score (nSPS) is 11.2. The minimum absolute atomic E-state index is 0.0513. The summed E-state index contributed by atoms with van der Waals surface area (Å²) in [6.07, 6.45) is 3.84. The van der Waals surface area contributed by atoms with Crippen molar-refractivity contribution in [2.24, 2.45) is 11.7 Å². The van der Waals surface area contributed by atoms with Crippen molar-refractivity contribution in [1.29, 1.82) is 0 Å². The van der Waals surface area contributed by atoms with E-state index in [0.717, 1.165) is 11.1 Å². The van der Waals surface area contributed by atoms with Crippen LogP contribution < -0.4 is 5.73 Å². The van der Waals surface area contributed by atoms with E-state index in [9.17, 15) is 4.79 Å². The molecule has 15 heavy (non-hydrogen) atoms. The molecule has 0 bridgehead atoms. The van der Waals surface area contributed by atoms with Crippen LogP contribution in [0.4, 0.5) is 0 Å². The summed E-state index contributed by atoms with van der Waals surface area (Å²) in [7, 11) is 0. The Labute approximate surface area is 90.8 Å². The molecule has 1 aromatic carbocycles. The van der Waals surface area contributed by atoms with Crippen LogP contribution in [0.15, 0.2) is 30.3 Å². The third kappa shape index (κ3) is 3.33. The van der Waals surface area contributed by atoms with Gasteiger partial charge in [-0.15, -0.1) is 0 Å². The summed E-state index contributed by atoms with van der Waals surface area (Å²) >= 11 is 0. The predicted octanol–water partition coefficient (Wildman–Crippen LogP) is 2.50. The highest BCUT2D eigenvalue weighted by Gasteiger charge is 2.08. The van der Waals surface area contributed by atoms with Crippen molar-refractivity contribution in [2.45, 2.75) is 13.8 Å². The summed E-state index contributed by atoms with van der Waals surface area (Å²) in [5.41, 5.74) is 7.20. The predicted molar refractivity (Wildman–Crippen MR) is 63.7 cm³/mol. The Kier molecular flexibility index (Phi) is 4.25. The van der Waals surface area contributed by atoms with Crippen molar-refractivity contribution >= 4 is 11.9 Å². The maximum Gasteiger partial charge on any atom is 0.165 e. The molecule has 0 amide bonds. The molecule has 0 saturated carbocycles. The highest BCUT2D eigenvalue weighted by molar-refractivity contribution is 5.97. The van der Waals surface area contributed by atoms with E-state index in [0.29, 0.717) is 6.54 Å². The van der Waals surface area contributed by atoms with E-state index >= 15 is 0 Å². The van der Waals surface area contributed by atoms with Crippen LogP contribution in [0, 0.1) is 5.92 Å². The lowest BCUT2D eigenvalue weighted by Crippen LogP contribution is -2.06. The second kappa shape index (κ2) is 5.47. The molecule has 0 aliphatic carbocycles. The Morgan fingerprint density at radius 2 is 1.93 bits per heavy atom. The van der Waals surface area contributed by atoms with Crippen molar-refractivity contribution in [3.8, 4) is 0 Å². The standard InChI is InChI=1S/C13H17NO/c1-10(2)13(15)12-7-5-11(6-8-12)4-3-9-14/h3-8,10H,9,14H2,1-2H3. The third-order valence-corrected chi connectivity index (χ3v) is 2.17. The van der Waals surface area contributed by atoms with Crippen molar-refractivity contribution in [3.05, 3.63) is 41.5 Å². The average Bonchev–Trinajstić information content (AvgIpc) is 2.26. The molecule has 2 N–H and O–H groups in total. The van der Waals surface area contributed by atoms with Crippen LogP contribution in [-0.4, -0.2) is 12.3 Å². The van der Waals surface area contributed by atoms with Gasteiger partial charge in [-0.05, 0) is 5.56 Å². The van der Waals surface area contributed by atoms with Gasteiger partial charge < -0.3 is 5.73 Å². The number of nitrogens with two attached hydrogens (primary N) is 1. The lowest BCUT2D eigenvalue weighted by Gasteiger charge is -2.03. The zero-order valence-electron chi connectivity index (χ0n) is 9.23. The largest absolute Gasteiger partial charge is 0.327 e. The molecule has 1 rings (SSSR count). The van der Waals surface area contributed by atoms with Crippen LogP contribution >= 0.6 is 0 Å². The summed E-state index contributed by atoms with van der Waals surface area (Å²) in [5.74, 6) is 0.236. The minimum atomic E-state index is 0.0513. The number of carbonyl (C=O) groups excluding carboxylic acids is 1. The van der Waals surface area contributed by atoms with Crippen LogP contribution in [0.3, 0.4) is 0 Å². The van der Waals surface area contributed by atoms with Crippen molar-refractivity contribution in [1.82, 2.24) is 0 Å². The van der Waals surface area contributed by atoms with Crippen LogP contribution in [0.2, 0.25) is 0 Å². The molecule has 0 unspecified atom stereocenters. The van der Waals surface area contributed by atoms with Crippen LogP contribution in [0.5, 0.6) is 0 Å². The van der Waals surface area contributed by atoms with Gasteiger partial charge in [0.25, 0.3) is 0 Å². The fourth-order valence-corrected chi connectivity index (χ4v) is 1.30. The molecule has 0 spiro atoms.